The summed E-state index contributed by atoms with van der Waals surface area (Å²) in [7, 11) is 0. The lowest BCUT2D eigenvalue weighted by atomic mass is 10.2. The average molecular weight is 308 g/mol. The molecule has 1 amide bonds. The highest BCUT2D eigenvalue weighted by Gasteiger charge is 2.41. The van der Waals surface area contributed by atoms with Crippen molar-refractivity contribution in [3.05, 3.63) is 29.6 Å². The van der Waals surface area contributed by atoms with E-state index in [1.165, 1.54) is 0 Å². The summed E-state index contributed by atoms with van der Waals surface area (Å²) < 4.78 is 39.9. The lowest BCUT2D eigenvalue weighted by Gasteiger charge is -2.26. The van der Waals surface area contributed by atoms with Gasteiger partial charge in [0.1, 0.15) is 6.04 Å². The van der Waals surface area contributed by atoms with E-state index in [1.54, 1.807) is 0 Å². The van der Waals surface area contributed by atoms with Crippen LogP contribution in [0.5, 0.6) is 0 Å². The molecule has 4 nitrogen and oxygen atoms in total. The number of fused-ring (bicyclic) bond motifs is 1. The third-order valence-electron chi connectivity index (χ3n) is 3.53. The van der Waals surface area contributed by atoms with E-state index in [0.29, 0.717) is 13.1 Å². The maximum absolute atomic E-state index is 13.7. The SMILES string of the molecule is Cl.O=C1C2CNCCN2CN1c1ccc(F)c(F)c1F. The van der Waals surface area contributed by atoms with Crippen LogP contribution in [0.1, 0.15) is 0 Å². The second-order valence-electron chi connectivity index (χ2n) is 4.63. The zero-order chi connectivity index (χ0) is 13.6. The van der Waals surface area contributed by atoms with Gasteiger partial charge >= 0.3 is 0 Å². The number of nitrogens with zero attached hydrogens (tertiary/aromatic N) is 2. The van der Waals surface area contributed by atoms with Crippen LogP contribution in [0.2, 0.25) is 0 Å². The van der Waals surface area contributed by atoms with E-state index >= 15 is 0 Å². The Kier molecular flexibility index (Phi) is 4.22. The minimum absolute atomic E-state index is 0. The summed E-state index contributed by atoms with van der Waals surface area (Å²) in [5.41, 5.74) is -0.210. The zero-order valence-corrected chi connectivity index (χ0v) is 11.2. The van der Waals surface area contributed by atoms with Gasteiger partial charge in [0.25, 0.3) is 0 Å². The van der Waals surface area contributed by atoms with Gasteiger partial charge in [0.15, 0.2) is 17.5 Å². The molecule has 1 aromatic rings. The third kappa shape index (κ3) is 2.25. The molecule has 2 saturated heterocycles. The van der Waals surface area contributed by atoms with Gasteiger partial charge in [-0.25, -0.2) is 13.2 Å². The van der Waals surface area contributed by atoms with E-state index in [4.69, 9.17) is 0 Å². The Bertz CT molecular complexity index is 543. The minimum atomic E-state index is -1.55. The minimum Gasteiger partial charge on any atom is -0.313 e. The second-order valence-corrected chi connectivity index (χ2v) is 4.63. The topological polar surface area (TPSA) is 35.6 Å². The summed E-state index contributed by atoms with van der Waals surface area (Å²) in [5.74, 6) is -4.42. The second kappa shape index (κ2) is 5.59. The number of hydrogen-bond donors (Lipinski definition) is 1. The summed E-state index contributed by atoms with van der Waals surface area (Å²) in [6.45, 7) is 2.10. The molecule has 0 aliphatic carbocycles. The molecule has 1 aromatic carbocycles. The molecule has 2 heterocycles. The Morgan fingerprint density at radius 1 is 1.20 bits per heavy atom. The van der Waals surface area contributed by atoms with Crippen LogP contribution in [-0.2, 0) is 4.79 Å². The monoisotopic (exact) mass is 307 g/mol. The van der Waals surface area contributed by atoms with Gasteiger partial charge in [0.05, 0.1) is 12.4 Å². The predicted molar refractivity (Wildman–Crippen MR) is 69.3 cm³/mol. The van der Waals surface area contributed by atoms with Crippen molar-refractivity contribution in [2.24, 2.45) is 0 Å². The van der Waals surface area contributed by atoms with Crippen LogP contribution in [0.15, 0.2) is 12.1 Å². The van der Waals surface area contributed by atoms with Gasteiger partial charge in [0, 0.05) is 19.6 Å². The Balaban J connectivity index is 0.00000147. The van der Waals surface area contributed by atoms with Crippen LogP contribution in [0.4, 0.5) is 18.9 Å². The van der Waals surface area contributed by atoms with Gasteiger partial charge in [-0.1, -0.05) is 0 Å². The fourth-order valence-electron chi connectivity index (χ4n) is 2.51. The number of rotatable bonds is 1. The highest BCUT2D eigenvalue weighted by molar-refractivity contribution is 5.99. The smallest absolute Gasteiger partial charge is 0.246 e. The average Bonchev–Trinajstić information content (AvgIpc) is 2.74. The van der Waals surface area contributed by atoms with Crippen LogP contribution in [0.3, 0.4) is 0 Å². The Morgan fingerprint density at radius 3 is 2.65 bits per heavy atom. The molecule has 3 rings (SSSR count). The van der Waals surface area contributed by atoms with E-state index in [2.05, 4.69) is 5.32 Å². The van der Waals surface area contributed by atoms with Gasteiger partial charge in [-0.05, 0) is 12.1 Å². The van der Waals surface area contributed by atoms with Crippen molar-refractivity contribution in [2.75, 3.05) is 31.2 Å². The fraction of sp³-hybridized carbons (Fsp3) is 0.417. The van der Waals surface area contributed by atoms with E-state index < -0.39 is 17.5 Å². The maximum atomic E-state index is 13.7. The number of carbonyl (C=O) groups is 1. The number of anilines is 1. The molecule has 1 N–H and O–H groups in total. The third-order valence-corrected chi connectivity index (χ3v) is 3.53. The molecule has 1 unspecified atom stereocenters. The Labute approximate surface area is 119 Å². The van der Waals surface area contributed by atoms with Crippen molar-refractivity contribution in [3.63, 3.8) is 0 Å². The summed E-state index contributed by atoms with van der Waals surface area (Å²) in [5, 5.41) is 3.08. The van der Waals surface area contributed by atoms with Gasteiger partial charge in [-0.3, -0.25) is 14.6 Å². The van der Waals surface area contributed by atoms with Crippen LogP contribution < -0.4 is 10.2 Å². The van der Waals surface area contributed by atoms with Gasteiger partial charge in [0.2, 0.25) is 5.91 Å². The van der Waals surface area contributed by atoms with Gasteiger partial charge in [-0.15, -0.1) is 12.4 Å². The number of carbonyl (C=O) groups excluding carboxylic acids is 1. The van der Waals surface area contributed by atoms with Gasteiger partial charge < -0.3 is 5.32 Å². The van der Waals surface area contributed by atoms with Crippen molar-refractivity contribution in [2.45, 2.75) is 6.04 Å². The number of benzene rings is 1. The molecule has 0 bridgehead atoms. The number of amides is 1. The largest absolute Gasteiger partial charge is 0.313 e. The first-order valence-electron chi connectivity index (χ1n) is 5.99. The van der Waals surface area contributed by atoms with Crippen molar-refractivity contribution in [1.29, 1.82) is 0 Å². The van der Waals surface area contributed by atoms with Crippen molar-refractivity contribution in [1.82, 2.24) is 10.2 Å². The van der Waals surface area contributed by atoms with Crippen molar-refractivity contribution >= 4 is 24.0 Å². The fourth-order valence-corrected chi connectivity index (χ4v) is 2.51. The molecule has 0 saturated carbocycles. The molecule has 0 aromatic heterocycles. The Hall–Kier alpha value is -1.31. The van der Waals surface area contributed by atoms with E-state index in [-0.39, 0.29) is 36.7 Å². The molecule has 110 valence electrons. The molecule has 2 aliphatic heterocycles. The lowest BCUT2D eigenvalue weighted by molar-refractivity contribution is -0.120. The molecule has 0 radical (unpaired) electrons. The zero-order valence-electron chi connectivity index (χ0n) is 10.4. The first-order chi connectivity index (χ1) is 9.09. The molecule has 2 aliphatic rings. The first-order valence-corrected chi connectivity index (χ1v) is 5.99. The summed E-state index contributed by atoms with van der Waals surface area (Å²) >= 11 is 0. The highest BCUT2D eigenvalue weighted by Crippen LogP contribution is 2.28. The number of halogens is 4. The predicted octanol–water partition coefficient (Wildman–Crippen LogP) is 1.10. The van der Waals surface area contributed by atoms with Crippen molar-refractivity contribution in [3.8, 4) is 0 Å². The summed E-state index contributed by atoms with van der Waals surface area (Å²) in [4.78, 5) is 15.2. The van der Waals surface area contributed by atoms with Crippen LogP contribution in [0, 0.1) is 17.5 Å². The summed E-state index contributed by atoms with van der Waals surface area (Å²) in [6, 6.07) is 1.56. The number of nitrogens with one attached hydrogen (secondary N) is 1. The van der Waals surface area contributed by atoms with E-state index in [0.717, 1.165) is 23.6 Å². The molecular weight excluding hydrogens is 295 g/mol. The Morgan fingerprint density at radius 2 is 1.95 bits per heavy atom. The maximum Gasteiger partial charge on any atom is 0.246 e. The molecule has 0 spiro atoms. The lowest BCUT2D eigenvalue weighted by Crippen LogP contribution is -2.50. The van der Waals surface area contributed by atoms with E-state index in [1.807, 2.05) is 4.90 Å². The van der Waals surface area contributed by atoms with Crippen molar-refractivity contribution < 1.29 is 18.0 Å². The standard InChI is InChI=1S/C12H12F3N3O.ClH/c13-7-1-2-8(11(15)10(7)14)18-6-17-4-3-16-5-9(17)12(18)19;/h1-2,9,16H,3-6H2;1H. The number of piperazine rings is 1. The molecule has 1 atom stereocenters. The molecular formula is C12H13ClF3N3O. The number of hydrogen-bond acceptors (Lipinski definition) is 3. The highest BCUT2D eigenvalue weighted by atomic mass is 35.5. The van der Waals surface area contributed by atoms with Crippen LogP contribution >= 0.6 is 12.4 Å². The van der Waals surface area contributed by atoms with E-state index in [9.17, 15) is 18.0 Å². The first kappa shape index (κ1) is 15.1. The molecule has 2 fully saturated rings. The summed E-state index contributed by atoms with van der Waals surface area (Å²) in [6.07, 6.45) is 0. The molecule has 20 heavy (non-hydrogen) atoms. The molecule has 8 heteroatoms. The van der Waals surface area contributed by atoms with Crippen LogP contribution in [-0.4, -0.2) is 43.2 Å². The normalized spacial score (nSPS) is 22.6. The quantitative estimate of drug-likeness (QED) is 0.789. The van der Waals surface area contributed by atoms with Crippen LogP contribution in [0.25, 0.3) is 0 Å². The van der Waals surface area contributed by atoms with Gasteiger partial charge in [-0.2, -0.15) is 0 Å².